The van der Waals surface area contributed by atoms with E-state index in [0.29, 0.717) is 0 Å². The molecular weight excluding hydrogens is 170 g/mol. The number of nitriles is 1. The molecule has 0 spiro atoms. The lowest BCUT2D eigenvalue weighted by molar-refractivity contribution is -0.144. The fraction of sp³-hybridized carbons (Fsp3) is 0.375. The van der Waals surface area contributed by atoms with Gasteiger partial charge in [-0.3, -0.25) is 0 Å². The normalized spacial score (nSPS) is 11.8. The van der Waals surface area contributed by atoms with Gasteiger partial charge in [-0.05, 0) is 6.92 Å². The maximum atomic E-state index is 11.1. The summed E-state index contributed by atoms with van der Waals surface area (Å²) >= 11 is 0. The minimum absolute atomic E-state index is 0.206. The molecule has 5 nitrogen and oxygen atoms in total. The van der Waals surface area contributed by atoms with Gasteiger partial charge in [-0.2, -0.15) is 5.26 Å². The van der Waals surface area contributed by atoms with Crippen LogP contribution in [0.5, 0.6) is 0 Å². The van der Waals surface area contributed by atoms with Gasteiger partial charge >= 0.3 is 5.97 Å². The topological polar surface area (TPSA) is 67.9 Å². The first-order valence-corrected chi connectivity index (χ1v) is 3.71. The third-order valence-corrected chi connectivity index (χ3v) is 1.73. The smallest absolute Gasteiger partial charge is 0.328 e. The molecule has 68 valence electrons. The quantitative estimate of drug-likeness (QED) is 0.619. The van der Waals surface area contributed by atoms with Crippen molar-refractivity contribution in [2.75, 3.05) is 7.11 Å². The largest absolute Gasteiger partial charge is 0.467 e. The van der Waals surface area contributed by atoms with Crippen LogP contribution in [0.4, 0.5) is 0 Å². The molecule has 5 heteroatoms. The molecule has 0 aliphatic heterocycles. The lowest BCUT2D eigenvalue weighted by Gasteiger charge is -2.10. The number of imidazole rings is 1. The van der Waals surface area contributed by atoms with Gasteiger partial charge in [0.15, 0.2) is 0 Å². The van der Waals surface area contributed by atoms with E-state index in [0.717, 1.165) is 0 Å². The molecule has 0 fully saturated rings. The van der Waals surface area contributed by atoms with Crippen molar-refractivity contribution in [1.29, 1.82) is 5.26 Å². The van der Waals surface area contributed by atoms with Gasteiger partial charge in [0.1, 0.15) is 12.1 Å². The molecule has 0 saturated carbocycles. The van der Waals surface area contributed by atoms with Crippen LogP contribution in [0.3, 0.4) is 0 Å². The van der Waals surface area contributed by atoms with Gasteiger partial charge in [-0.1, -0.05) is 0 Å². The maximum absolute atomic E-state index is 11.1. The molecule has 0 amide bonds. The van der Waals surface area contributed by atoms with E-state index in [-0.39, 0.29) is 5.82 Å². The van der Waals surface area contributed by atoms with Crippen LogP contribution >= 0.6 is 0 Å². The summed E-state index contributed by atoms with van der Waals surface area (Å²) < 4.78 is 6.00. The number of hydrogen-bond donors (Lipinski definition) is 0. The second kappa shape index (κ2) is 3.72. The first-order valence-electron chi connectivity index (χ1n) is 3.71. The van der Waals surface area contributed by atoms with Crippen LogP contribution in [-0.2, 0) is 9.53 Å². The molecule has 1 aromatic rings. The third-order valence-electron chi connectivity index (χ3n) is 1.73. The second-order valence-electron chi connectivity index (χ2n) is 2.47. The molecule has 0 saturated heterocycles. The summed E-state index contributed by atoms with van der Waals surface area (Å²) in [6.07, 6.45) is 3.04. The first kappa shape index (κ1) is 9.26. The summed E-state index contributed by atoms with van der Waals surface area (Å²) in [6, 6.07) is 1.37. The van der Waals surface area contributed by atoms with Crippen LogP contribution in [0, 0.1) is 11.3 Å². The molecular formula is C8H9N3O2. The third kappa shape index (κ3) is 1.67. The molecule has 1 atom stereocenters. The van der Waals surface area contributed by atoms with E-state index in [1.807, 2.05) is 6.07 Å². The highest BCUT2D eigenvalue weighted by Crippen LogP contribution is 2.09. The summed E-state index contributed by atoms with van der Waals surface area (Å²) in [4.78, 5) is 14.9. The average Bonchev–Trinajstić information content (AvgIpc) is 2.62. The van der Waals surface area contributed by atoms with Crippen molar-refractivity contribution in [3.05, 3.63) is 18.2 Å². The Kier molecular flexibility index (Phi) is 2.65. The van der Waals surface area contributed by atoms with Gasteiger partial charge < -0.3 is 9.30 Å². The first-order chi connectivity index (χ1) is 6.20. The molecule has 0 N–H and O–H groups in total. The van der Waals surface area contributed by atoms with Crippen LogP contribution < -0.4 is 0 Å². The van der Waals surface area contributed by atoms with Gasteiger partial charge in [0, 0.05) is 12.4 Å². The van der Waals surface area contributed by atoms with E-state index in [4.69, 9.17) is 5.26 Å². The zero-order valence-electron chi connectivity index (χ0n) is 7.39. The van der Waals surface area contributed by atoms with E-state index in [1.54, 1.807) is 13.1 Å². The predicted molar refractivity (Wildman–Crippen MR) is 43.7 cm³/mol. The van der Waals surface area contributed by atoms with E-state index in [2.05, 4.69) is 9.72 Å². The zero-order valence-corrected chi connectivity index (χ0v) is 7.39. The van der Waals surface area contributed by atoms with Crippen molar-refractivity contribution in [2.45, 2.75) is 13.0 Å². The SMILES string of the molecule is COC(=O)[C@H](C)n1ccnc1C#N. The second-order valence-corrected chi connectivity index (χ2v) is 2.47. The number of esters is 1. The van der Waals surface area contributed by atoms with Crippen molar-refractivity contribution >= 4 is 5.97 Å². The molecule has 1 heterocycles. The highest BCUT2D eigenvalue weighted by Gasteiger charge is 2.17. The fourth-order valence-corrected chi connectivity index (χ4v) is 0.996. The van der Waals surface area contributed by atoms with Crippen LogP contribution in [-0.4, -0.2) is 22.6 Å². The van der Waals surface area contributed by atoms with E-state index >= 15 is 0 Å². The highest BCUT2D eigenvalue weighted by atomic mass is 16.5. The average molecular weight is 179 g/mol. The Hall–Kier alpha value is -1.83. The number of hydrogen-bond acceptors (Lipinski definition) is 4. The molecule has 0 unspecified atom stereocenters. The Balaban J connectivity index is 2.95. The lowest BCUT2D eigenvalue weighted by Crippen LogP contribution is -2.18. The number of rotatable bonds is 2. The maximum Gasteiger partial charge on any atom is 0.328 e. The van der Waals surface area contributed by atoms with Crippen LogP contribution in [0.25, 0.3) is 0 Å². The minimum Gasteiger partial charge on any atom is -0.467 e. The Bertz CT molecular complexity index is 351. The summed E-state index contributed by atoms with van der Waals surface area (Å²) in [6.45, 7) is 1.65. The van der Waals surface area contributed by atoms with Gasteiger partial charge in [0.05, 0.1) is 7.11 Å². The van der Waals surface area contributed by atoms with Gasteiger partial charge in [0.2, 0.25) is 5.82 Å². The summed E-state index contributed by atoms with van der Waals surface area (Å²) in [5.74, 6) is -0.188. The van der Waals surface area contributed by atoms with Crippen molar-refractivity contribution in [1.82, 2.24) is 9.55 Å². The summed E-state index contributed by atoms with van der Waals surface area (Å²) in [5.41, 5.74) is 0. The number of aromatic nitrogens is 2. The number of nitrogens with zero attached hydrogens (tertiary/aromatic N) is 3. The Morgan fingerprint density at radius 2 is 2.54 bits per heavy atom. The van der Waals surface area contributed by atoms with Crippen molar-refractivity contribution < 1.29 is 9.53 Å². The van der Waals surface area contributed by atoms with Crippen molar-refractivity contribution in [3.63, 3.8) is 0 Å². The van der Waals surface area contributed by atoms with Crippen molar-refractivity contribution in [2.24, 2.45) is 0 Å². The minimum atomic E-state index is -0.512. The molecule has 0 aliphatic rings. The highest BCUT2D eigenvalue weighted by molar-refractivity contribution is 5.73. The van der Waals surface area contributed by atoms with E-state index in [9.17, 15) is 4.79 Å². The predicted octanol–water partition coefficient (Wildman–Crippen LogP) is 0.489. The molecule has 13 heavy (non-hydrogen) atoms. The monoisotopic (exact) mass is 179 g/mol. The van der Waals surface area contributed by atoms with Gasteiger partial charge in [-0.15, -0.1) is 0 Å². The van der Waals surface area contributed by atoms with Gasteiger partial charge in [0.25, 0.3) is 0 Å². The lowest BCUT2D eigenvalue weighted by atomic mass is 10.3. The summed E-state index contributed by atoms with van der Waals surface area (Å²) in [7, 11) is 1.31. The van der Waals surface area contributed by atoms with E-state index in [1.165, 1.54) is 17.9 Å². The molecule has 0 aromatic carbocycles. The van der Waals surface area contributed by atoms with Crippen LogP contribution in [0.15, 0.2) is 12.4 Å². The molecule has 0 bridgehead atoms. The standard InChI is InChI=1S/C8H9N3O2/c1-6(8(12)13-2)11-4-3-10-7(11)5-9/h3-4,6H,1-2H3/t6-/m0/s1. The summed E-state index contributed by atoms with van der Waals surface area (Å²) in [5, 5.41) is 8.63. The van der Waals surface area contributed by atoms with Crippen LogP contribution in [0.1, 0.15) is 18.8 Å². The Morgan fingerprint density at radius 3 is 3.08 bits per heavy atom. The molecule has 0 aliphatic carbocycles. The fourth-order valence-electron chi connectivity index (χ4n) is 0.996. The molecule has 0 radical (unpaired) electrons. The number of methoxy groups -OCH3 is 1. The van der Waals surface area contributed by atoms with Crippen molar-refractivity contribution in [3.8, 4) is 6.07 Å². The molecule has 1 rings (SSSR count). The number of carbonyl (C=O) groups excluding carboxylic acids is 1. The van der Waals surface area contributed by atoms with Gasteiger partial charge in [-0.25, -0.2) is 9.78 Å². The molecule has 1 aromatic heterocycles. The van der Waals surface area contributed by atoms with Crippen LogP contribution in [0.2, 0.25) is 0 Å². The zero-order chi connectivity index (χ0) is 9.84. The Labute approximate surface area is 75.6 Å². The number of carbonyl (C=O) groups is 1. The number of ether oxygens (including phenoxy) is 1. The van der Waals surface area contributed by atoms with E-state index < -0.39 is 12.0 Å². The Morgan fingerprint density at radius 1 is 1.85 bits per heavy atom.